The van der Waals surface area contributed by atoms with Gasteiger partial charge in [0.15, 0.2) is 0 Å². The zero-order valence-electron chi connectivity index (χ0n) is 15.8. The van der Waals surface area contributed by atoms with E-state index >= 15 is 0 Å². The first-order valence-electron chi connectivity index (χ1n) is 9.58. The first-order chi connectivity index (χ1) is 13.9. The molecule has 1 N–H and O–H groups in total. The Bertz CT molecular complexity index is 1170. The van der Waals surface area contributed by atoms with Gasteiger partial charge in [0, 0.05) is 34.7 Å². The molecule has 0 bridgehead atoms. The summed E-state index contributed by atoms with van der Waals surface area (Å²) in [6.07, 6.45) is 0.820. The molecule has 2 amide bonds. The third-order valence-corrected chi connectivity index (χ3v) is 6.11. The van der Waals surface area contributed by atoms with Gasteiger partial charge in [0.05, 0.1) is 18.2 Å². The summed E-state index contributed by atoms with van der Waals surface area (Å²) in [5.74, 6) is -1.28. The zero-order chi connectivity index (χ0) is 20.3. The molecule has 1 fully saturated rings. The maximum Gasteiger partial charge on any atom is 0.251 e. The summed E-state index contributed by atoms with van der Waals surface area (Å²) in [6.45, 7) is 2.96. The van der Waals surface area contributed by atoms with Crippen LogP contribution in [0.15, 0.2) is 36.4 Å². The molecule has 5 rings (SSSR count). The lowest BCUT2D eigenvalue weighted by molar-refractivity contribution is -0.123. The molecule has 1 atom stereocenters. The maximum atomic E-state index is 14.4. The van der Waals surface area contributed by atoms with Gasteiger partial charge in [-0.15, -0.1) is 0 Å². The van der Waals surface area contributed by atoms with Crippen LogP contribution in [0.25, 0.3) is 10.9 Å². The lowest BCUT2D eigenvalue weighted by atomic mass is 10.0. The van der Waals surface area contributed by atoms with E-state index in [2.05, 4.69) is 4.98 Å². The molecular formula is C22H19ClFN3O2. The highest BCUT2D eigenvalue weighted by atomic mass is 35.5. The van der Waals surface area contributed by atoms with Crippen molar-refractivity contribution in [2.75, 3.05) is 11.4 Å². The van der Waals surface area contributed by atoms with Crippen LogP contribution in [0.1, 0.15) is 23.2 Å². The molecule has 2 aliphatic rings. The van der Waals surface area contributed by atoms with Crippen molar-refractivity contribution in [3.05, 3.63) is 64.1 Å². The Kier molecular flexibility index (Phi) is 4.22. The molecule has 148 valence electrons. The van der Waals surface area contributed by atoms with Crippen molar-refractivity contribution in [3.8, 4) is 0 Å². The monoisotopic (exact) mass is 411 g/mol. The van der Waals surface area contributed by atoms with E-state index < -0.39 is 11.9 Å². The molecule has 0 saturated carbocycles. The minimum atomic E-state index is -0.577. The van der Waals surface area contributed by atoms with Crippen LogP contribution in [0.4, 0.5) is 10.1 Å². The molecule has 1 saturated heterocycles. The molecule has 2 aliphatic heterocycles. The molecule has 2 aromatic carbocycles. The molecule has 3 heterocycles. The molecule has 0 radical (unpaired) electrons. The van der Waals surface area contributed by atoms with E-state index in [9.17, 15) is 14.0 Å². The smallest absolute Gasteiger partial charge is 0.251 e. The maximum absolute atomic E-state index is 14.4. The summed E-state index contributed by atoms with van der Waals surface area (Å²) in [5, 5.41) is 1.79. The number of carbonyl (C=O) groups excluding carboxylic acids is 2. The van der Waals surface area contributed by atoms with Crippen molar-refractivity contribution in [2.45, 2.75) is 32.4 Å². The summed E-state index contributed by atoms with van der Waals surface area (Å²) in [5.41, 5.74) is 4.03. The second-order valence-electron chi connectivity index (χ2n) is 7.73. The summed E-state index contributed by atoms with van der Waals surface area (Å²) in [4.78, 5) is 32.1. The Balaban J connectivity index is 1.43. The van der Waals surface area contributed by atoms with Gasteiger partial charge < -0.3 is 4.98 Å². The Morgan fingerprint density at radius 2 is 2.00 bits per heavy atom. The standard InChI is InChI=1S/C22H19ClFN3O2/c1-12-2-5-19(16(24)8-12)27-21(28)10-20(22(27)29)26-7-6-14-15-9-13(23)3-4-17(15)25-18(14)11-26/h2-5,8-9,20,25H,6-7,10-11H2,1H3. The molecule has 1 unspecified atom stereocenters. The van der Waals surface area contributed by atoms with Crippen LogP contribution < -0.4 is 4.90 Å². The molecule has 0 spiro atoms. The summed E-state index contributed by atoms with van der Waals surface area (Å²) in [6, 6.07) is 9.71. The molecule has 29 heavy (non-hydrogen) atoms. The fourth-order valence-corrected chi connectivity index (χ4v) is 4.62. The second kappa shape index (κ2) is 6.68. The van der Waals surface area contributed by atoms with E-state index in [4.69, 9.17) is 11.6 Å². The lowest BCUT2D eigenvalue weighted by Gasteiger charge is -2.30. The number of nitrogens with one attached hydrogen (secondary N) is 1. The summed E-state index contributed by atoms with van der Waals surface area (Å²) < 4.78 is 14.4. The number of halogens is 2. The molecule has 1 aromatic heterocycles. The number of hydrogen-bond donors (Lipinski definition) is 1. The van der Waals surface area contributed by atoms with Gasteiger partial charge in [0.25, 0.3) is 5.91 Å². The second-order valence-corrected chi connectivity index (χ2v) is 8.17. The van der Waals surface area contributed by atoms with Gasteiger partial charge in [-0.3, -0.25) is 14.5 Å². The molecule has 7 heteroatoms. The van der Waals surface area contributed by atoms with Gasteiger partial charge in [-0.25, -0.2) is 9.29 Å². The van der Waals surface area contributed by atoms with E-state index in [1.165, 1.54) is 17.7 Å². The minimum Gasteiger partial charge on any atom is -0.357 e. The van der Waals surface area contributed by atoms with Crippen molar-refractivity contribution in [1.82, 2.24) is 9.88 Å². The Morgan fingerprint density at radius 3 is 2.79 bits per heavy atom. The molecule has 5 nitrogen and oxygen atoms in total. The minimum absolute atomic E-state index is 0.0334. The molecular weight excluding hydrogens is 393 g/mol. The van der Waals surface area contributed by atoms with E-state index in [1.807, 2.05) is 23.1 Å². The Morgan fingerprint density at radius 1 is 1.17 bits per heavy atom. The van der Waals surface area contributed by atoms with Crippen LogP contribution in [0, 0.1) is 12.7 Å². The van der Waals surface area contributed by atoms with Crippen molar-refractivity contribution >= 4 is 40.0 Å². The van der Waals surface area contributed by atoms with Crippen molar-refractivity contribution in [2.24, 2.45) is 0 Å². The Hall–Kier alpha value is -2.70. The number of aryl methyl sites for hydroxylation is 1. The largest absolute Gasteiger partial charge is 0.357 e. The summed E-state index contributed by atoms with van der Waals surface area (Å²) in [7, 11) is 0. The fourth-order valence-electron chi connectivity index (χ4n) is 4.45. The third kappa shape index (κ3) is 2.94. The SMILES string of the molecule is Cc1ccc(N2C(=O)CC(N3CCc4c([nH]c5ccc(Cl)cc45)C3)C2=O)c(F)c1. The predicted molar refractivity (Wildman–Crippen MR) is 109 cm³/mol. The number of imide groups is 1. The lowest BCUT2D eigenvalue weighted by Crippen LogP contribution is -2.44. The highest BCUT2D eigenvalue weighted by molar-refractivity contribution is 6.31. The van der Waals surface area contributed by atoms with Gasteiger partial charge in [-0.05, 0) is 54.8 Å². The highest BCUT2D eigenvalue weighted by Gasteiger charge is 2.44. The zero-order valence-corrected chi connectivity index (χ0v) is 16.6. The number of aromatic nitrogens is 1. The average Bonchev–Trinajstić information content (AvgIpc) is 3.18. The number of aromatic amines is 1. The number of nitrogens with zero attached hydrogens (tertiary/aromatic N) is 2. The number of benzene rings is 2. The van der Waals surface area contributed by atoms with Crippen molar-refractivity contribution in [3.63, 3.8) is 0 Å². The van der Waals surface area contributed by atoms with E-state index in [0.717, 1.165) is 33.5 Å². The first-order valence-corrected chi connectivity index (χ1v) is 9.96. The topological polar surface area (TPSA) is 56.4 Å². The van der Waals surface area contributed by atoms with Gasteiger partial charge in [0.1, 0.15) is 5.82 Å². The van der Waals surface area contributed by atoms with Crippen molar-refractivity contribution < 1.29 is 14.0 Å². The van der Waals surface area contributed by atoms with Crippen molar-refractivity contribution in [1.29, 1.82) is 0 Å². The van der Waals surface area contributed by atoms with Crippen LogP contribution in [0.3, 0.4) is 0 Å². The number of H-pyrrole nitrogens is 1. The quantitative estimate of drug-likeness (QED) is 0.649. The van der Waals surface area contributed by atoms with Gasteiger partial charge in [-0.2, -0.15) is 0 Å². The van der Waals surface area contributed by atoms with Crippen LogP contribution in [-0.4, -0.2) is 34.3 Å². The highest BCUT2D eigenvalue weighted by Crippen LogP contribution is 2.33. The van der Waals surface area contributed by atoms with Crippen LogP contribution in [0.2, 0.25) is 5.02 Å². The number of amides is 2. The number of hydrogen-bond acceptors (Lipinski definition) is 3. The number of anilines is 1. The number of carbonyl (C=O) groups is 2. The van der Waals surface area contributed by atoms with Gasteiger partial charge >= 0.3 is 0 Å². The normalized spacial score (nSPS) is 20.0. The van der Waals surface area contributed by atoms with Crippen LogP contribution >= 0.6 is 11.6 Å². The predicted octanol–water partition coefficient (Wildman–Crippen LogP) is 3.96. The van der Waals surface area contributed by atoms with Crippen LogP contribution in [-0.2, 0) is 22.6 Å². The van der Waals surface area contributed by atoms with Gasteiger partial charge in [-0.1, -0.05) is 17.7 Å². The first kappa shape index (κ1) is 18.3. The fraction of sp³-hybridized carbons (Fsp3) is 0.273. The Labute approximate surface area is 172 Å². The molecule has 0 aliphatic carbocycles. The number of rotatable bonds is 2. The van der Waals surface area contributed by atoms with Crippen LogP contribution in [0.5, 0.6) is 0 Å². The number of fused-ring (bicyclic) bond motifs is 3. The molecule has 3 aromatic rings. The van der Waals surface area contributed by atoms with E-state index in [-0.39, 0.29) is 23.9 Å². The van der Waals surface area contributed by atoms with E-state index in [1.54, 1.807) is 13.0 Å². The van der Waals surface area contributed by atoms with Gasteiger partial charge in [0.2, 0.25) is 5.91 Å². The third-order valence-electron chi connectivity index (χ3n) is 5.87. The average molecular weight is 412 g/mol. The van der Waals surface area contributed by atoms with E-state index in [0.29, 0.717) is 18.1 Å². The summed E-state index contributed by atoms with van der Waals surface area (Å²) >= 11 is 6.14.